The molecule has 2 aliphatic rings. The van der Waals surface area contributed by atoms with E-state index in [0.29, 0.717) is 0 Å². The zero-order chi connectivity index (χ0) is 14.6. The van der Waals surface area contributed by atoms with E-state index < -0.39 is 5.54 Å². The average molecular weight is 277 g/mol. The van der Waals surface area contributed by atoms with E-state index in [9.17, 15) is 9.59 Å². The molecule has 0 radical (unpaired) electrons. The number of nitrogens with one attached hydrogen (secondary N) is 1. The summed E-state index contributed by atoms with van der Waals surface area (Å²) >= 11 is 0. The molecule has 0 aromatic heterocycles. The van der Waals surface area contributed by atoms with Gasteiger partial charge < -0.3 is 15.1 Å². The molecule has 110 valence electrons. The van der Waals surface area contributed by atoms with Crippen LogP contribution in [0.15, 0.2) is 0 Å². The van der Waals surface area contributed by atoms with Crippen LogP contribution in [0.2, 0.25) is 0 Å². The van der Waals surface area contributed by atoms with Crippen molar-refractivity contribution in [2.75, 3.05) is 33.2 Å². The molecule has 1 aliphatic carbocycles. The average Bonchev–Trinajstić information content (AvgIpc) is 2.88. The van der Waals surface area contributed by atoms with Gasteiger partial charge in [0.2, 0.25) is 5.91 Å². The predicted molar refractivity (Wildman–Crippen MR) is 76.9 cm³/mol. The van der Waals surface area contributed by atoms with Crippen LogP contribution in [0.1, 0.15) is 32.6 Å². The number of carbonyl (C=O) groups excluding carboxylic acids is 2. The third kappa shape index (κ3) is 3.13. The second-order valence-corrected chi connectivity index (χ2v) is 5.71. The largest absolute Gasteiger partial charge is 0.338 e. The zero-order valence-electron chi connectivity index (χ0n) is 12.4. The van der Waals surface area contributed by atoms with Crippen LogP contribution < -0.4 is 5.32 Å². The number of carbonyl (C=O) groups is 2. The summed E-state index contributed by atoms with van der Waals surface area (Å²) in [7, 11) is 2.06. The van der Waals surface area contributed by atoms with Crippen LogP contribution in [0.5, 0.6) is 0 Å². The van der Waals surface area contributed by atoms with Crippen LogP contribution in [-0.2, 0) is 9.59 Å². The van der Waals surface area contributed by atoms with Crippen molar-refractivity contribution in [3.63, 3.8) is 0 Å². The van der Waals surface area contributed by atoms with Gasteiger partial charge >= 0.3 is 0 Å². The van der Waals surface area contributed by atoms with Crippen LogP contribution >= 0.6 is 0 Å². The molecule has 0 aromatic carbocycles. The fraction of sp³-hybridized carbons (Fsp3) is 0.733. The van der Waals surface area contributed by atoms with Gasteiger partial charge in [-0.15, -0.1) is 0 Å². The summed E-state index contributed by atoms with van der Waals surface area (Å²) in [4.78, 5) is 28.7. The van der Waals surface area contributed by atoms with Crippen LogP contribution in [0.25, 0.3) is 0 Å². The highest BCUT2D eigenvalue weighted by atomic mass is 16.2. The molecule has 2 rings (SSSR count). The Labute approximate surface area is 120 Å². The maximum atomic E-state index is 12.8. The predicted octanol–water partition coefficient (Wildman–Crippen LogP) is 0.213. The second kappa shape index (κ2) is 6.27. The molecule has 1 heterocycles. The summed E-state index contributed by atoms with van der Waals surface area (Å²) in [6.45, 7) is 4.90. The number of piperazine rings is 1. The molecule has 5 nitrogen and oxygen atoms in total. The highest BCUT2D eigenvalue weighted by molar-refractivity contribution is 5.99. The van der Waals surface area contributed by atoms with E-state index in [-0.39, 0.29) is 11.8 Å². The third-order valence-corrected chi connectivity index (χ3v) is 4.25. The molecule has 1 saturated carbocycles. The van der Waals surface area contributed by atoms with Gasteiger partial charge in [0, 0.05) is 26.2 Å². The first-order chi connectivity index (χ1) is 9.57. The van der Waals surface area contributed by atoms with Crippen LogP contribution in [-0.4, -0.2) is 60.4 Å². The summed E-state index contributed by atoms with van der Waals surface area (Å²) in [5.74, 6) is 4.81. The summed E-state index contributed by atoms with van der Waals surface area (Å²) in [6.07, 6.45) is 3.43. The fourth-order valence-electron chi connectivity index (χ4n) is 3.05. The zero-order valence-corrected chi connectivity index (χ0v) is 12.4. The normalized spacial score (nSPS) is 22.0. The number of amides is 2. The summed E-state index contributed by atoms with van der Waals surface area (Å²) in [6, 6.07) is 0. The second-order valence-electron chi connectivity index (χ2n) is 5.71. The van der Waals surface area contributed by atoms with E-state index in [0.717, 1.165) is 51.9 Å². The van der Waals surface area contributed by atoms with Crippen molar-refractivity contribution < 1.29 is 9.59 Å². The molecule has 1 aliphatic heterocycles. The Hall–Kier alpha value is -1.54. The first-order valence-corrected chi connectivity index (χ1v) is 7.30. The molecule has 20 heavy (non-hydrogen) atoms. The van der Waals surface area contributed by atoms with Crippen LogP contribution in [0, 0.1) is 11.8 Å². The van der Waals surface area contributed by atoms with Gasteiger partial charge in [-0.3, -0.25) is 9.59 Å². The lowest BCUT2D eigenvalue weighted by Crippen LogP contribution is -2.61. The number of hydrogen-bond acceptors (Lipinski definition) is 3. The molecule has 0 bridgehead atoms. The Kier molecular flexibility index (Phi) is 4.66. The van der Waals surface area contributed by atoms with Crippen molar-refractivity contribution >= 4 is 11.8 Å². The Balaban J connectivity index is 2.08. The minimum absolute atomic E-state index is 0.0781. The number of hydrogen-bond donors (Lipinski definition) is 1. The summed E-state index contributed by atoms with van der Waals surface area (Å²) in [5, 5.41) is 2.88. The number of nitrogens with zero attached hydrogens (tertiary/aromatic N) is 2. The number of rotatable bonds is 2. The van der Waals surface area contributed by atoms with Crippen molar-refractivity contribution in [3.05, 3.63) is 0 Å². The van der Waals surface area contributed by atoms with E-state index in [1.807, 2.05) is 4.90 Å². The van der Waals surface area contributed by atoms with Crippen LogP contribution in [0.4, 0.5) is 0 Å². The van der Waals surface area contributed by atoms with Gasteiger partial charge in [0.15, 0.2) is 0 Å². The van der Waals surface area contributed by atoms with Crippen molar-refractivity contribution in [2.24, 2.45) is 0 Å². The highest BCUT2D eigenvalue weighted by Gasteiger charge is 2.44. The lowest BCUT2D eigenvalue weighted by atomic mass is 9.94. The summed E-state index contributed by atoms with van der Waals surface area (Å²) in [5.41, 5.74) is -0.711. The minimum Gasteiger partial charge on any atom is -0.338 e. The molecule has 1 saturated heterocycles. The maximum absolute atomic E-state index is 12.8. The smallest absolute Gasteiger partial charge is 0.296 e. The Morgan fingerprint density at radius 3 is 2.25 bits per heavy atom. The topological polar surface area (TPSA) is 52.7 Å². The highest BCUT2D eigenvalue weighted by Crippen LogP contribution is 2.31. The van der Waals surface area contributed by atoms with E-state index >= 15 is 0 Å². The third-order valence-electron chi connectivity index (χ3n) is 4.25. The first kappa shape index (κ1) is 14.9. The van der Waals surface area contributed by atoms with E-state index in [1.165, 1.54) is 0 Å². The lowest BCUT2D eigenvalue weighted by molar-refractivity contribution is -0.142. The summed E-state index contributed by atoms with van der Waals surface area (Å²) < 4.78 is 0. The molecule has 2 fully saturated rings. The van der Waals surface area contributed by atoms with Gasteiger partial charge in [-0.1, -0.05) is 18.8 Å². The molecule has 0 spiro atoms. The van der Waals surface area contributed by atoms with Crippen molar-refractivity contribution in [1.29, 1.82) is 0 Å². The minimum atomic E-state index is -0.711. The van der Waals surface area contributed by atoms with Gasteiger partial charge in [0.25, 0.3) is 5.91 Å². The molecule has 0 aromatic rings. The standard InChI is InChI=1S/C15H23N3O2/c1-3-6-13(19)16-15(7-4-5-8-15)14(20)18-11-9-17(2)10-12-18/h4-5,7-12H2,1-2H3,(H,16,19). The number of likely N-dealkylation sites (N-methyl/N-ethyl adjacent to an activating group) is 1. The molecule has 0 unspecified atom stereocenters. The quantitative estimate of drug-likeness (QED) is 0.734. The molecule has 0 atom stereocenters. The van der Waals surface area contributed by atoms with Gasteiger partial charge in [0.1, 0.15) is 5.54 Å². The van der Waals surface area contributed by atoms with Crippen molar-refractivity contribution in [2.45, 2.75) is 38.1 Å². The molecule has 2 amide bonds. The fourth-order valence-corrected chi connectivity index (χ4v) is 3.05. The maximum Gasteiger partial charge on any atom is 0.296 e. The molecular weight excluding hydrogens is 254 g/mol. The van der Waals surface area contributed by atoms with Crippen molar-refractivity contribution in [3.8, 4) is 11.8 Å². The monoisotopic (exact) mass is 277 g/mol. The molecule has 1 N–H and O–H groups in total. The lowest BCUT2D eigenvalue weighted by Gasteiger charge is -2.38. The van der Waals surface area contributed by atoms with E-state index in [2.05, 4.69) is 29.1 Å². The Morgan fingerprint density at radius 1 is 1.10 bits per heavy atom. The molecule has 5 heteroatoms. The van der Waals surface area contributed by atoms with E-state index in [1.54, 1.807) is 6.92 Å². The van der Waals surface area contributed by atoms with Gasteiger partial charge in [-0.2, -0.15) is 0 Å². The van der Waals surface area contributed by atoms with Gasteiger partial charge in [-0.25, -0.2) is 0 Å². The SMILES string of the molecule is CC#CC(=O)NC1(C(=O)N2CCN(C)CC2)CCCC1. The Bertz CT molecular complexity index is 436. The van der Waals surface area contributed by atoms with E-state index in [4.69, 9.17) is 0 Å². The first-order valence-electron chi connectivity index (χ1n) is 7.30. The van der Waals surface area contributed by atoms with Gasteiger partial charge in [-0.05, 0) is 32.7 Å². The van der Waals surface area contributed by atoms with Crippen molar-refractivity contribution in [1.82, 2.24) is 15.1 Å². The van der Waals surface area contributed by atoms with Crippen LogP contribution in [0.3, 0.4) is 0 Å². The molecular formula is C15H23N3O2. The Morgan fingerprint density at radius 2 is 1.70 bits per heavy atom. The van der Waals surface area contributed by atoms with Gasteiger partial charge in [0.05, 0.1) is 0 Å².